The fraction of sp³-hybridized carbons (Fsp3) is 0.364. The second kappa shape index (κ2) is 8.89. The van der Waals surface area contributed by atoms with E-state index in [1.54, 1.807) is 11.8 Å². The van der Waals surface area contributed by atoms with Gasteiger partial charge in [0.2, 0.25) is 0 Å². The highest BCUT2D eigenvalue weighted by Crippen LogP contribution is 2.36. The van der Waals surface area contributed by atoms with Crippen molar-refractivity contribution < 1.29 is 9.53 Å². The molecule has 30 heavy (non-hydrogen) atoms. The van der Waals surface area contributed by atoms with E-state index in [1.165, 1.54) is 11.3 Å². The van der Waals surface area contributed by atoms with Gasteiger partial charge in [0.05, 0.1) is 11.2 Å². The number of anilines is 1. The van der Waals surface area contributed by atoms with Crippen LogP contribution < -0.4 is 15.4 Å². The van der Waals surface area contributed by atoms with E-state index in [9.17, 15) is 4.79 Å². The van der Waals surface area contributed by atoms with Crippen molar-refractivity contribution in [1.82, 2.24) is 20.3 Å². The number of carbonyl (C=O) groups is 1. The van der Waals surface area contributed by atoms with Crippen LogP contribution in [0.3, 0.4) is 0 Å². The molecule has 4 rings (SSSR count). The van der Waals surface area contributed by atoms with E-state index in [1.807, 2.05) is 39.0 Å². The van der Waals surface area contributed by atoms with E-state index in [0.29, 0.717) is 10.6 Å². The normalized spacial score (nSPS) is 16.3. The maximum Gasteiger partial charge on any atom is 0.267 e. The van der Waals surface area contributed by atoms with E-state index in [2.05, 4.69) is 25.6 Å². The Morgan fingerprint density at radius 2 is 1.97 bits per heavy atom. The van der Waals surface area contributed by atoms with E-state index in [0.717, 1.165) is 59.9 Å². The van der Waals surface area contributed by atoms with Crippen LogP contribution in [-0.4, -0.2) is 40.1 Å². The fourth-order valence-electron chi connectivity index (χ4n) is 3.70. The van der Waals surface area contributed by atoms with E-state index >= 15 is 0 Å². The molecule has 3 heterocycles. The molecule has 7 nitrogen and oxygen atoms in total. The number of hydrogen-bond donors (Lipinski definition) is 2. The van der Waals surface area contributed by atoms with Crippen molar-refractivity contribution in [2.75, 3.05) is 18.4 Å². The largest absolute Gasteiger partial charge is 0.488 e. The highest BCUT2D eigenvalue weighted by Gasteiger charge is 2.20. The number of aromatic nitrogens is 3. The van der Waals surface area contributed by atoms with Gasteiger partial charge in [0, 0.05) is 34.7 Å². The molecule has 2 aromatic heterocycles. The quantitative estimate of drug-likeness (QED) is 0.647. The lowest BCUT2D eigenvalue weighted by Gasteiger charge is -2.26. The molecule has 8 heteroatoms. The van der Waals surface area contributed by atoms with Crippen LogP contribution in [0.15, 0.2) is 30.0 Å². The number of carbonyl (C=O) groups excluding carboxylic acids is 1. The first kappa shape index (κ1) is 20.4. The molecule has 0 saturated carbocycles. The summed E-state index contributed by atoms with van der Waals surface area (Å²) in [5, 5.41) is 6.37. The molecular weight excluding hydrogens is 398 g/mol. The molecule has 0 radical (unpaired) electrons. The average Bonchev–Trinajstić information content (AvgIpc) is 3.16. The lowest BCUT2D eigenvalue weighted by molar-refractivity contribution is 0.102. The minimum Gasteiger partial charge on any atom is -0.488 e. The Morgan fingerprint density at radius 1 is 1.17 bits per heavy atom. The van der Waals surface area contributed by atoms with Crippen molar-refractivity contribution in [3.63, 3.8) is 0 Å². The summed E-state index contributed by atoms with van der Waals surface area (Å²) in [6.45, 7) is 7.61. The van der Waals surface area contributed by atoms with Crippen molar-refractivity contribution in [3.05, 3.63) is 52.0 Å². The highest BCUT2D eigenvalue weighted by atomic mass is 32.1. The smallest absolute Gasteiger partial charge is 0.267 e. The fourth-order valence-corrected chi connectivity index (χ4v) is 4.39. The number of hydrogen-bond acceptors (Lipinski definition) is 7. The number of aryl methyl sites for hydroxylation is 3. The summed E-state index contributed by atoms with van der Waals surface area (Å²) in [5.41, 5.74) is 6.66. The molecule has 0 aliphatic carbocycles. The minimum absolute atomic E-state index is 0.114. The van der Waals surface area contributed by atoms with Gasteiger partial charge in [-0.05, 0) is 58.4 Å². The Hall–Kier alpha value is -2.84. The third-order valence-electron chi connectivity index (χ3n) is 5.23. The van der Waals surface area contributed by atoms with Crippen molar-refractivity contribution in [3.8, 4) is 16.9 Å². The van der Waals surface area contributed by atoms with Crippen LogP contribution in [0.2, 0.25) is 0 Å². The zero-order valence-corrected chi connectivity index (χ0v) is 18.2. The number of benzene rings is 1. The number of thiazole rings is 1. The van der Waals surface area contributed by atoms with Gasteiger partial charge in [0.25, 0.3) is 5.91 Å². The van der Waals surface area contributed by atoms with Crippen LogP contribution in [0.25, 0.3) is 11.1 Å². The molecule has 1 atom stereocenters. The monoisotopic (exact) mass is 423 g/mol. The Balaban J connectivity index is 1.70. The molecule has 1 saturated heterocycles. The maximum absolute atomic E-state index is 12.7. The third-order valence-corrected chi connectivity index (χ3v) is 6.16. The predicted molar refractivity (Wildman–Crippen MR) is 118 cm³/mol. The van der Waals surface area contributed by atoms with Crippen molar-refractivity contribution in [1.29, 1.82) is 0 Å². The Labute approximate surface area is 179 Å². The molecule has 0 spiro atoms. The number of nitrogens with one attached hydrogen (secondary N) is 2. The Morgan fingerprint density at radius 3 is 2.63 bits per heavy atom. The number of ether oxygens (including phenoxy) is 1. The minimum atomic E-state index is -0.163. The predicted octanol–water partition coefficient (Wildman–Crippen LogP) is 3.91. The second-order valence-electron chi connectivity index (χ2n) is 7.44. The molecule has 1 aliphatic rings. The first-order chi connectivity index (χ1) is 14.5. The molecule has 3 aromatic rings. The topological polar surface area (TPSA) is 89.0 Å². The van der Waals surface area contributed by atoms with Gasteiger partial charge in [0.1, 0.15) is 23.1 Å². The lowest BCUT2D eigenvalue weighted by Crippen LogP contribution is -2.37. The summed E-state index contributed by atoms with van der Waals surface area (Å²) in [4.78, 5) is 26.2. The summed E-state index contributed by atoms with van der Waals surface area (Å²) >= 11 is 1.33. The highest BCUT2D eigenvalue weighted by molar-refractivity contribution is 7.12. The molecule has 156 valence electrons. The van der Waals surface area contributed by atoms with E-state index < -0.39 is 0 Å². The van der Waals surface area contributed by atoms with Gasteiger partial charge in [-0.3, -0.25) is 4.79 Å². The molecule has 1 aliphatic heterocycles. The SMILES string of the molecule is Cc1ncsc1C(=O)Nc1ccc(O[C@@H]2CCCNC2)c(-c2c(C)ncnc2C)c1. The van der Waals surface area contributed by atoms with Crippen molar-refractivity contribution >= 4 is 22.9 Å². The van der Waals surface area contributed by atoms with Gasteiger partial charge in [-0.25, -0.2) is 15.0 Å². The molecule has 1 fully saturated rings. The Kier molecular flexibility index (Phi) is 6.06. The maximum atomic E-state index is 12.7. The zero-order chi connectivity index (χ0) is 21.1. The molecule has 0 unspecified atom stereocenters. The first-order valence-corrected chi connectivity index (χ1v) is 10.9. The van der Waals surface area contributed by atoms with Crippen molar-refractivity contribution in [2.45, 2.75) is 39.7 Å². The van der Waals surface area contributed by atoms with Gasteiger partial charge in [0.15, 0.2) is 0 Å². The summed E-state index contributed by atoms with van der Waals surface area (Å²) < 4.78 is 6.36. The van der Waals surface area contributed by atoms with Gasteiger partial charge in [-0.15, -0.1) is 11.3 Å². The molecule has 2 N–H and O–H groups in total. The van der Waals surface area contributed by atoms with Gasteiger partial charge in [-0.2, -0.15) is 0 Å². The first-order valence-electron chi connectivity index (χ1n) is 10.0. The zero-order valence-electron chi connectivity index (χ0n) is 17.4. The van der Waals surface area contributed by atoms with Gasteiger partial charge < -0.3 is 15.4 Å². The molecule has 0 bridgehead atoms. The number of nitrogens with zero attached hydrogens (tertiary/aromatic N) is 3. The standard InChI is InChI=1S/C22H25N5O2S/c1-13-20(14(2)25-11-24-13)18-9-16(27-22(28)21-15(3)26-12-30-21)6-7-19(18)29-17-5-4-8-23-10-17/h6-7,9,11-12,17,23H,4-5,8,10H2,1-3H3,(H,27,28)/t17-/m1/s1. The summed E-state index contributed by atoms with van der Waals surface area (Å²) in [6.07, 6.45) is 3.79. The summed E-state index contributed by atoms with van der Waals surface area (Å²) in [5.74, 6) is 0.612. The van der Waals surface area contributed by atoms with Crippen LogP contribution in [0.5, 0.6) is 5.75 Å². The number of amides is 1. The number of rotatable bonds is 5. The van der Waals surface area contributed by atoms with Crippen LogP contribution in [-0.2, 0) is 0 Å². The molecule has 1 aromatic carbocycles. The lowest BCUT2D eigenvalue weighted by atomic mass is 10.0. The Bertz CT molecular complexity index is 1040. The third kappa shape index (κ3) is 4.34. The molecule has 1 amide bonds. The van der Waals surface area contributed by atoms with E-state index in [4.69, 9.17) is 4.74 Å². The second-order valence-corrected chi connectivity index (χ2v) is 8.29. The van der Waals surface area contributed by atoms with E-state index in [-0.39, 0.29) is 12.0 Å². The van der Waals surface area contributed by atoms with Crippen LogP contribution >= 0.6 is 11.3 Å². The van der Waals surface area contributed by atoms with Gasteiger partial charge in [-0.1, -0.05) is 0 Å². The summed E-state index contributed by atoms with van der Waals surface area (Å²) in [7, 11) is 0. The van der Waals surface area contributed by atoms with Crippen LogP contribution in [0.1, 0.15) is 39.6 Å². The summed E-state index contributed by atoms with van der Waals surface area (Å²) in [6, 6.07) is 5.74. The van der Waals surface area contributed by atoms with Gasteiger partial charge >= 0.3 is 0 Å². The van der Waals surface area contributed by atoms with Crippen LogP contribution in [0.4, 0.5) is 5.69 Å². The number of piperidine rings is 1. The van der Waals surface area contributed by atoms with Crippen molar-refractivity contribution in [2.24, 2.45) is 0 Å². The molecular formula is C22H25N5O2S. The average molecular weight is 424 g/mol. The van der Waals surface area contributed by atoms with Crippen LogP contribution in [0, 0.1) is 20.8 Å².